The van der Waals surface area contributed by atoms with Gasteiger partial charge >= 0.3 is 0 Å². The normalized spacial score (nSPS) is 11.1. The van der Waals surface area contributed by atoms with Gasteiger partial charge in [0.15, 0.2) is 0 Å². The molecule has 1 aromatic carbocycles. The van der Waals surface area contributed by atoms with Gasteiger partial charge in [0.1, 0.15) is 17.2 Å². The molecule has 2 heterocycles. The fraction of sp³-hybridized carbons (Fsp3) is 0. The molecule has 0 amide bonds. The van der Waals surface area contributed by atoms with Gasteiger partial charge in [-0.3, -0.25) is 0 Å². The summed E-state index contributed by atoms with van der Waals surface area (Å²) in [5.41, 5.74) is 1.68. The van der Waals surface area contributed by atoms with E-state index in [1.54, 1.807) is 6.20 Å². The zero-order valence-electron chi connectivity index (χ0n) is 7.29. The minimum atomic E-state index is 0.595. The molecule has 0 fully saturated rings. The average molecular weight is 185 g/mol. The first-order valence-electron chi connectivity index (χ1n) is 4.31. The summed E-state index contributed by atoms with van der Waals surface area (Å²) in [6.07, 6.45) is 1.56. The number of rotatable bonds is 0. The van der Waals surface area contributed by atoms with Crippen LogP contribution in [-0.4, -0.2) is 9.61 Å². The van der Waals surface area contributed by atoms with Gasteiger partial charge in [0.05, 0.1) is 0 Å². The largest absolute Gasteiger partial charge is 0.571 e. The summed E-state index contributed by atoms with van der Waals surface area (Å²) in [7, 11) is 0. The van der Waals surface area contributed by atoms with Gasteiger partial charge in [-0.05, 0) is 12.1 Å². The fourth-order valence-corrected chi connectivity index (χ4v) is 1.66. The molecular weight excluding hydrogens is 178 g/mol. The van der Waals surface area contributed by atoms with Gasteiger partial charge in [-0.1, -0.05) is 28.8 Å². The first-order chi connectivity index (χ1) is 6.86. The zero-order valence-corrected chi connectivity index (χ0v) is 7.29. The highest BCUT2D eigenvalue weighted by atomic mass is 16.5. The zero-order chi connectivity index (χ0) is 9.54. The number of hydrogen-bond donors (Lipinski definition) is 0. The number of aromatic nitrogens is 3. The van der Waals surface area contributed by atoms with E-state index in [0.29, 0.717) is 4.96 Å². The SMILES string of the molecule is [O-][n+]1ncc2ccc3ccccc3n21. The molecule has 4 heteroatoms. The van der Waals surface area contributed by atoms with Crippen LogP contribution < -0.4 is 4.96 Å². The molecule has 0 spiro atoms. The van der Waals surface area contributed by atoms with Gasteiger partial charge in [0.2, 0.25) is 0 Å². The highest BCUT2D eigenvalue weighted by Gasteiger charge is 2.07. The van der Waals surface area contributed by atoms with Crippen LogP contribution >= 0.6 is 0 Å². The maximum Gasteiger partial charge on any atom is 0.133 e. The van der Waals surface area contributed by atoms with Crippen LogP contribution in [0.5, 0.6) is 0 Å². The van der Waals surface area contributed by atoms with Gasteiger partial charge in [0, 0.05) is 15.4 Å². The van der Waals surface area contributed by atoms with E-state index in [-0.39, 0.29) is 0 Å². The summed E-state index contributed by atoms with van der Waals surface area (Å²) in [5.74, 6) is 0. The van der Waals surface area contributed by atoms with Crippen LogP contribution in [0.25, 0.3) is 16.4 Å². The van der Waals surface area contributed by atoms with E-state index < -0.39 is 0 Å². The van der Waals surface area contributed by atoms with Gasteiger partial charge < -0.3 is 5.21 Å². The monoisotopic (exact) mass is 185 g/mol. The van der Waals surface area contributed by atoms with E-state index >= 15 is 0 Å². The molecule has 0 saturated carbocycles. The van der Waals surface area contributed by atoms with E-state index in [1.807, 2.05) is 36.4 Å². The van der Waals surface area contributed by atoms with Crippen LogP contribution in [-0.2, 0) is 0 Å². The Labute approximate surface area is 79.6 Å². The van der Waals surface area contributed by atoms with Crippen LogP contribution in [0.4, 0.5) is 0 Å². The molecule has 0 unspecified atom stereocenters. The number of hydrogen-bond acceptors (Lipinski definition) is 2. The Morgan fingerprint density at radius 1 is 1.14 bits per heavy atom. The molecule has 3 aromatic rings. The highest BCUT2D eigenvalue weighted by Crippen LogP contribution is 2.13. The lowest BCUT2D eigenvalue weighted by molar-refractivity contribution is -0.731. The second-order valence-corrected chi connectivity index (χ2v) is 3.13. The Bertz CT molecular complexity index is 615. The van der Waals surface area contributed by atoms with Gasteiger partial charge in [-0.25, -0.2) is 0 Å². The molecule has 4 nitrogen and oxygen atoms in total. The van der Waals surface area contributed by atoms with Crippen molar-refractivity contribution in [1.29, 1.82) is 0 Å². The van der Waals surface area contributed by atoms with Crippen LogP contribution in [0.15, 0.2) is 42.6 Å². The van der Waals surface area contributed by atoms with Crippen molar-refractivity contribution >= 4 is 16.4 Å². The van der Waals surface area contributed by atoms with Crippen LogP contribution in [0.1, 0.15) is 0 Å². The first kappa shape index (κ1) is 7.32. The lowest BCUT2D eigenvalue weighted by atomic mass is 10.2. The van der Waals surface area contributed by atoms with Crippen molar-refractivity contribution in [3.8, 4) is 0 Å². The smallest absolute Gasteiger partial charge is 0.133 e. The van der Waals surface area contributed by atoms with E-state index in [4.69, 9.17) is 0 Å². The summed E-state index contributed by atoms with van der Waals surface area (Å²) < 4.78 is 1.54. The number of fused-ring (bicyclic) bond motifs is 3. The predicted molar refractivity (Wildman–Crippen MR) is 51.7 cm³/mol. The fourth-order valence-electron chi connectivity index (χ4n) is 1.66. The molecule has 0 aliphatic rings. The third-order valence-corrected chi connectivity index (χ3v) is 2.30. The van der Waals surface area contributed by atoms with E-state index in [0.717, 1.165) is 16.4 Å². The molecule has 0 aliphatic carbocycles. The maximum atomic E-state index is 11.4. The molecule has 0 radical (unpaired) electrons. The third kappa shape index (κ3) is 0.821. The van der Waals surface area contributed by atoms with Crippen LogP contribution in [0.3, 0.4) is 0 Å². The molecule has 68 valence electrons. The Balaban J connectivity index is 2.65. The van der Waals surface area contributed by atoms with Crippen molar-refractivity contribution in [3.63, 3.8) is 0 Å². The molecule has 0 bridgehead atoms. The molecule has 0 saturated heterocycles. The molecule has 0 atom stereocenters. The molecular formula is C10H7N3O. The van der Waals surface area contributed by atoms with E-state index in [1.165, 1.54) is 4.52 Å². The lowest BCUT2D eigenvalue weighted by Gasteiger charge is -1.98. The number of benzene rings is 1. The number of nitrogens with zero attached hydrogens (tertiary/aromatic N) is 3. The Kier molecular flexibility index (Phi) is 1.28. The van der Waals surface area contributed by atoms with E-state index in [9.17, 15) is 5.21 Å². The topological polar surface area (TPSA) is 44.2 Å². The van der Waals surface area contributed by atoms with Gasteiger partial charge in [-0.2, -0.15) is 0 Å². The Morgan fingerprint density at radius 3 is 2.93 bits per heavy atom. The average Bonchev–Trinajstić information content (AvgIpc) is 2.61. The lowest BCUT2D eigenvalue weighted by Crippen LogP contribution is -2.35. The number of pyridine rings is 1. The van der Waals surface area contributed by atoms with Gasteiger partial charge in [-0.15, -0.1) is 0 Å². The molecule has 2 aromatic heterocycles. The second-order valence-electron chi connectivity index (χ2n) is 3.13. The summed E-state index contributed by atoms with van der Waals surface area (Å²) >= 11 is 0. The first-order valence-corrected chi connectivity index (χ1v) is 4.31. The van der Waals surface area contributed by atoms with Crippen LogP contribution in [0.2, 0.25) is 0 Å². The van der Waals surface area contributed by atoms with Crippen molar-refractivity contribution in [3.05, 3.63) is 47.8 Å². The second kappa shape index (κ2) is 2.45. The summed E-state index contributed by atoms with van der Waals surface area (Å²) in [6, 6.07) is 11.6. The van der Waals surface area contributed by atoms with E-state index in [2.05, 4.69) is 5.10 Å². The summed E-state index contributed by atoms with van der Waals surface area (Å²) in [4.78, 5) is 0.595. The summed E-state index contributed by atoms with van der Waals surface area (Å²) in [5, 5.41) is 16.1. The predicted octanol–water partition coefficient (Wildman–Crippen LogP) is 1.12. The molecule has 0 N–H and O–H groups in total. The number of para-hydroxylation sites is 1. The standard InChI is InChI=1S/C10H7N3O/c14-13-11-7-9-6-5-8-3-1-2-4-10(8)12(9)13/h1-7H. The third-order valence-electron chi connectivity index (χ3n) is 2.30. The van der Waals surface area contributed by atoms with Crippen molar-refractivity contribution in [1.82, 2.24) is 9.61 Å². The minimum Gasteiger partial charge on any atom is -0.571 e. The maximum absolute atomic E-state index is 11.4. The molecule has 3 rings (SSSR count). The Hall–Kier alpha value is -2.10. The van der Waals surface area contributed by atoms with Crippen LogP contribution in [0, 0.1) is 5.21 Å². The van der Waals surface area contributed by atoms with Gasteiger partial charge in [0.25, 0.3) is 0 Å². The highest BCUT2D eigenvalue weighted by molar-refractivity contribution is 5.81. The van der Waals surface area contributed by atoms with Crippen molar-refractivity contribution < 1.29 is 4.96 Å². The summed E-state index contributed by atoms with van der Waals surface area (Å²) in [6.45, 7) is 0. The molecule has 14 heavy (non-hydrogen) atoms. The minimum absolute atomic E-state index is 0.595. The quantitative estimate of drug-likeness (QED) is 0.389. The van der Waals surface area contributed by atoms with Crippen molar-refractivity contribution in [2.75, 3.05) is 0 Å². The molecule has 0 aliphatic heterocycles. The Morgan fingerprint density at radius 2 is 2.00 bits per heavy atom. The van der Waals surface area contributed by atoms with Crippen molar-refractivity contribution in [2.45, 2.75) is 0 Å². The van der Waals surface area contributed by atoms with Crippen molar-refractivity contribution in [2.24, 2.45) is 0 Å².